The number of benzene rings is 1. The number of anilines is 1. The molecule has 8 heteroatoms. The van der Waals surface area contributed by atoms with E-state index < -0.39 is 23.6 Å². The molecule has 6 nitrogen and oxygen atoms in total. The van der Waals surface area contributed by atoms with Crippen molar-refractivity contribution in [3.8, 4) is 0 Å². The molecule has 0 fully saturated rings. The average molecular weight is 294 g/mol. The molecule has 1 atom stereocenters. The zero-order chi connectivity index (χ0) is 15.0. The number of carbonyl (C=O) groups is 1. The summed E-state index contributed by atoms with van der Waals surface area (Å²) < 4.78 is 33.8. The van der Waals surface area contributed by atoms with E-state index in [4.69, 9.17) is 0 Å². The van der Waals surface area contributed by atoms with Crippen molar-refractivity contribution >= 4 is 11.9 Å². The van der Waals surface area contributed by atoms with Crippen LogP contribution in [0.15, 0.2) is 18.2 Å². The van der Waals surface area contributed by atoms with E-state index in [1.165, 1.54) is 30.0 Å². The summed E-state index contributed by atoms with van der Waals surface area (Å²) in [6.45, 7) is 0.470. The molecule has 2 heterocycles. The number of halogens is 2. The molecule has 1 aromatic heterocycles. The van der Waals surface area contributed by atoms with Gasteiger partial charge in [-0.3, -0.25) is 0 Å². The maximum Gasteiger partial charge on any atom is 0.378 e. The van der Waals surface area contributed by atoms with Gasteiger partial charge in [0, 0.05) is 12.1 Å². The topological polar surface area (TPSA) is 69.0 Å². The Morgan fingerprint density at radius 3 is 2.81 bits per heavy atom. The standard InChI is InChI=1S/C13H12F2N4O2/c1-21-12(20)11-17-13-16-6-5-9(19(13)18-11)10-7(14)3-2-4-8(10)15/h2-4,9H,5-6H2,1H3,(H,16,17,18). The molecule has 0 aliphatic carbocycles. The Balaban J connectivity index is 2.08. The van der Waals surface area contributed by atoms with Crippen LogP contribution in [0.3, 0.4) is 0 Å². The van der Waals surface area contributed by atoms with Crippen LogP contribution in [-0.4, -0.2) is 34.4 Å². The average Bonchev–Trinajstić information content (AvgIpc) is 2.91. The molecular weight excluding hydrogens is 282 g/mol. The lowest BCUT2D eigenvalue weighted by molar-refractivity contribution is 0.0586. The summed E-state index contributed by atoms with van der Waals surface area (Å²) in [7, 11) is 1.21. The van der Waals surface area contributed by atoms with Gasteiger partial charge in [-0.1, -0.05) is 6.07 Å². The lowest BCUT2D eigenvalue weighted by Crippen LogP contribution is -2.26. The molecule has 2 aromatic rings. The molecular formula is C13H12F2N4O2. The minimum Gasteiger partial charge on any atom is -0.463 e. The smallest absolute Gasteiger partial charge is 0.378 e. The van der Waals surface area contributed by atoms with E-state index in [1.54, 1.807) is 0 Å². The number of nitrogens with zero attached hydrogens (tertiary/aromatic N) is 3. The van der Waals surface area contributed by atoms with Crippen molar-refractivity contribution in [1.29, 1.82) is 0 Å². The fraction of sp³-hybridized carbons (Fsp3) is 0.308. The minimum absolute atomic E-state index is 0.0819. The SMILES string of the molecule is COC(=O)c1nc2n(n1)C(c1c(F)cccc1F)CCN2. The van der Waals surface area contributed by atoms with Crippen molar-refractivity contribution in [3.05, 3.63) is 41.2 Å². The Bertz CT molecular complexity index is 681. The van der Waals surface area contributed by atoms with Gasteiger partial charge in [-0.15, -0.1) is 5.10 Å². The van der Waals surface area contributed by atoms with Gasteiger partial charge < -0.3 is 10.1 Å². The van der Waals surface area contributed by atoms with Gasteiger partial charge >= 0.3 is 5.97 Å². The highest BCUT2D eigenvalue weighted by molar-refractivity contribution is 5.85. The van der Waals surface area contributed by atoms with E-state index in [-0.39, 0.29) is 17.3 Å². The highest BCUT2D eigenvalue weighted by Gasteiger charge is 2.30. The Kier molecular flexibility index (Phi) is 3.28. The highest BCUT2D eigenvalue weighted by Crippen LogP contribution is 2.31. The maximum absolute atomic E-state index is 13.9. The van der Waals surface area contributed by atoms with Crippen molar-refractivity contribution in [2.75, 3.05) is 19.0 Å². The summed E-state index contributed by atoms with van der Waals surface area (Å²) in [6, 6.07) is 3.03. The fourth-order valence-corrected chi connectivity index (χ4v) is 2.38. The van der Waals surface area contributed by atoms with Gasteiger partial charge in [0.2, 0.25) is 5.95 Å². The monoisotopic (exact) mass is 294 g/mol. The number of fused-ring (bicyclic) bond motifs is 1. The van der Waals surface area contributed by atoms with E-state index in [2.05, 4.69) is 20.1 Å². The molecule has 1 aliphatic rings. The second kappa shape index (κ2) is 5.12. The maximum atomic E-state index is 13.9. The van der Waals surface area contributed by atoms with Crippen molar-refractivity contribution in [2.24, 2.45) is 0 Å². The lowest BCUT2D eigenvalue weighted by Gasteiger charge is -2.25. The Labute approximate surface area is 118 Å². The largest absolute Gasteiger partial charge is 0.463 e. The molecule has 0 spiro atoms. The highest BCUT2D eigenvalue weighted by atomic mass is 19.1. The van der Waals surface area contributed by atoms with Gasteiger partial charge in [-0.2, -0.15) is 4.98 Å². The predicted molar refractivity (Wildman–Crippen MR) is 69.0 cm³/mol. The lowest BCUT2D eigenvalue weighted by atomic mass is 10.0. The van der Waals surface area contributed by atoms with Gasteiger partial charge in [0.25, 0.3) is 5.82 Å². The normalized spacial score (nSPS) is 17.0. The van der Waals surface area contributed by atoms with E-state index in [0.29, 0.717) is 13.0 Å². The number of hydrogen-bond acceptors (Lipinski definition) is 5. The van der Waals surface area contributed by atoms with Crippen LogP contribution in [0, 0.1) is 11.6 Å². The van der Waals surface area contributed by atoms with Crippen LogP contribution in [0.25, 0.3) is 0 Å². The molecule has 0 saturated heterocycles. The summed E-state index contributed by atoms with van der Waals surface area (Å²) in [6.07, 6.45) is 0.425. The number of rotatable bonds is 2. The quantitative estimate of drug-likeness (QED) is 0.855. The summed E-state index contributed by atoms with van der Waals surface area (Å²) >= 11 is 0. The summed E-state index contributed by atoms with van der Waals surface area (Å²) in [4.78, 5) is 15.4. The second-order valence-electron chi connectivity index (χ2n) is 4.56. The van der Waals surface area contributed by atoms with Crippen molar-refractivity contribution in [3.63, 3.8) is 0 Å². The summed E-state index contributed by atoms with van der Waals surface area (Å²) in [5, 5.41) is 6.93. The molecule has 1 aromatic carbocycles. The van der Waals surface area contributed by atoms with Crippen molar-refractivity contribution < 1.29 is 18.3 Å². The van der Waals surface area contributed by atoms with Crippen molar-refractivity contribution in [1.82, 2.24) is 14.8 Å². The van der Waals surface area contributed by atoms with Crippen LogP contribution >= 0.6 is 0 Å². The predicted octanol–water partition coefficient (Wildman–Crippen LogP) is 1.75. The van der Waals surface area contributed by atoms with Gasteiger partial charge in [-0.05, 0) is 18.6 Å². The molecule has 0 bridgehead atoms. The first kappa shape index (κ1) is 13.5. The van der Waals surface area contributed by atoms with E-state index >= 15 is 0 Å². The fourth-order valence-electron chi connectivity index (χ4n) is 2.38. The number of nitrogens with one attached hydrogen (secondary N) is 1. The number of aromatic nitrogens is 3. The number of esters is 1. The third kappa shape index (κ3) is 2.22. The number of methoxy groups -OCH3 is 1. The number of hydrogen-bond donors (Lipinski definition) is 1. The number of carbonyl (C=O) groups excluding carboxylic acids is 1. The first-order chi connectivity index (χ1) is 10.1. The van der Waals surface area contributed by atoms with E-state index in [0.717, 1.165) is 0 Å². The van der Waals surface area contributed by atoms with E-state index in [1.807, 2.05) is 0 Å². The van der Waals surface area contributed by atoms with Crippen LogP contribution in [0.1, 0.15) is 28.6 Å². The van der Waals surface area contributed by atoms with E-state index in [9.17, 15) is 13.6 Å². The second-order valence-corrected chi connectivity index (χ2v) is 4.56. The van der Waals surface area contributed by atoms with Crippen LogP contribution in [0.5, 0.6) is 0 Å². The van der Waals surface area contributed by atoms with Crippen molar-refractivity contribution in [2.45, 2.75) is 12.5 Å². The van der Waals surface area contributed by atoms with Crippen LogP contribution in [0.4, 0.5) is 14.7 Å². The minimum atomic E-state index is -0.702. The van der Waals surface area contributed by atoms with Crippen LogP contribution < -0.4 is 5.32 Å². The molecule has 0 radical (unpaired) electrons. The zero-order valence-electron chi connectivity index (χ0n) is 11.1. The molecule has 3 rings (SSSR count). The zero-order valence-corrected chi connectivity index (χ0v) is 11.1. The van der Waals surface area contributed by atoms with Gasteiger partial charge in [0.05, 0.1) is 13.2 Å². The van der Waals surface area contributed by atoms with Gasteiger partial charge in [-0.25, -0.2) is 18.3 Å². The molecule has 0 saturated carbocycles. The molecule has 110 valence electrons. The summed E-state index contributed by atoms with van der Waals surface area (Å²) in [5.74, 6) is -1.87. The first-order valence-electron chi connectivity index (χ1n) is 6.34. The van der Waals surface area contributed by atoms with Gasteiger partial charge in [0.1, 0.15) is 11.6 Å². The first-order valence-corrected chi connectivity index (χ1v) is 6.34. The molecule has 1 aliphatic heterocycles. The molecule has 0 amide bonds. The third-order valence-corrected chi connectivity index (χ3v) is 3.33. The Morgan fingerprint density at radius 2 is 2.14 bits per heavy atom. The number of ether oxygens (including phenoxy) is 1. The molecule has 1 N–H and O–H groups in total. The molecule has 1 unspecified atom stereocenters. The molecule has 21 heavy (non-hydrogen) atoms. The third-order valence-electron chi connectivity index (χ3n) is 3.33. The Morgan fingerprint density at radius 1 is 1.43 bits per heavy atom. The Hall–Kier alpha value is -2.51. The van der Waals surface area contributed by atoms with Gasteiger partial charge in [0.15, 0.2) is 0 Å². The van der Waals surface area contributed by atoms with Crippen LogP contribution in [0.2, 0.25) is 0 Å². The summed E-state index contributed by atoms with van der Waals surface area (Å²) in [5.41, 5.74) is -0.0819. The van der Waals surface area contributed by atoms with Crippen LogP contribution in [-0.2, 0) is 4.74 Å².